The summed E-state index contributed by atoms with van der Waals surface area (Å²) in [4.78, 5) is 7.29. The number of hydrogen-bond donors (Lipinski definition) is 1. The zero-order valence-electron chi connectivity index (χ0n) is 13.4. The van der Waals surface area contributed by atoms with Gasteiger partial charge in [0.05, 0.1) is 0 Å². The van der Waals surface area contributed by atoms with Crippen LogP contribution in [0.5, 0.6) is 0 Å². The van der Waals surface area contributed by atoms with Crippen LogP contribution >= 0.6 is 0 Å². The van der Waals surface area contributed by atoms with Crippen LogP contribution in [0.3, 0.4) is 0 Å². The first kappa shape index (κ1) is 17.1. The topological polar surface area (TPSA) is 29.5 Å². The normalized spacial score (nSPS) is 24.8. The summed E-state index contributed by atoms with van der Waals surface area (Å²) in [6.07, 6.45) is 5.80. The number of aliphatic hydroxyl groups excluding tert-OH is 1. The predicted molar refractivity (Wildman–Crippen MR) is 84.7 cm³/mol. The average Bonchev–Trinajstić information content (AvgIpc) is 2.63. The van der Waals surface area contributed by atoms with Gasteiger partial charge in [-0.05, 0) is 0 Å². The SMILES string of the molecule is C/[C](=C/CC1CC(OCC(C)C)=CC1O)[Sn]([CH3])([CH3])[CH3]. The van der Waals surface area contributed by atoms with E-state index in [2.05, 4.69) is 41.7 Å². The van der Waals surface area contributed by atoms with Crippen LogP contribution in [0.15, 0.2) is 21.5 Å². The first-order chi connectivity index (χ1) is 8.70. The van der Waals surface area contributed by atoms with Gasteiger partial charge in [-0.3, -0.25) is 0 Å². The van der Waals surface area contributed by atoms with Crippen molar-refractivity contribution in [1.82, 2.24) is 0 Å². The summed E-state index contributed by atoms with van der Waals surface area (Å²) in [6, 6.07) is 0. The molecule has 0 aromatic rings. The van der Waals surface area contributed by atoms with Gasteiger partial charge < -0.3 is 0 Å². The first-order valence-electron chi connectivity index (χ1n) is 7.39. The zero-order chi connectivity index (χ0) is 14.6. The molecule has 0 saturated carbocycles. The molecule has 2 atom stereocenters. The molecule has 0 bridgehead atoms. The molecule has 3 heteroatoms. The van der Waals surface area contributed by atoms with E-state index in [9.17, 15) is 5.11 Å². The van der Waals surface area contributed by atoms with Gasteiger partial charge in [-0.25, -0.2) is 0 Å². The summed E-state index contributed by atoms with van der Waals surface area (Å²) < 4.78 is 7.33. The molecule has 1 rings (SSSR count). The molecular weight excluding hydrogens is 343 g/mol. The van der Waals surface area contributed by atoms with E-state index in [1.807, 2.05) is 6.08 Å². The third-order valence-electron chi connectivity index (χ3n) is 3.81. The molecule has 0 saturated heterocycles. The molecule has 0 fully saturated rings. The standard InChI is InChI=1S/C13H21O2.3CH3.Sn/c1-4-5-6-11-7-12(8-13(11)14)15-9-10(2)3;;;;/h5,8,10-11,13-14H,6-7,9H2,1-3H3;3*1H3;. The quantitative estimate of drug-likeness (QED) is 0.710. The van der Waals surface area contributed by atoms with Gasteiger partial charge in [0, 0.05) is 0 Å². The van der Waals surface area contributed by atoms with Gasteiger partial charge >= 0.3 is 123 Å². The third-order valence-corrected chi connectivity index (χ3v) is 11.2. The molecule has 19 heavy (non-hydrogen) atoms. The minimum atomic E-state index is -1.88. The molecule has 2 nitrogen and oxygen atoms in total. The second-order valence-corrected chi connectivity index (χ2v) is 22.3. The van der Waals surface area contributed by atoms with E-state index in [1.165, 1.54) is 0 Å². The maximum absolute atomic E-state index is 10.1. The average molecular weight is 373 g/mol. The molecule has 0 aromatic heterocycles. The van der Waals surface area contributed by atoms with Crippen molar-refractivity contribution >= 4 is 18.4 Å². The summed E-state index contributed by atoms with van der Waals surface area (Å²) in [5, 5.41) is 10.1. The summed E-state index contributed by atoms with van der Waals surface area (Å²) in [7, 11) is 0. The Morgan fingerprint density at radius 2 is 2.11 bits per heavy atom. The fraction of sp³-hybridized carbons (Fsp3) is 0.750. The van der Waals surface area contributed by atoms with Gasteiger partial charge in [0.2, 0.25) is 0 Å². The molecule has 2 unspecified atom stereocenters. The van der Waals surface area contributed by atoms with E-state index in [0.717, 1.165) is 25.2 Å². The molecular formula is C16H30O2Sn. The second-order valence-electron chi connectivity index (χ2n) is 7.17. The van der Waals surface area contributed by atoms with E-state index >= 15 is 0 Å². The van der Waals surface area contributed by atoms with Gasteiger partial charge in [-0.15, -0.1) is 0 Å². The number of aliphatic hydroxyl groups is 1. The van der Waals surface area contributed by atoms with Gasteiger partial charge in [-0.1, -0.05) is 0 Å². The molecule has 0 heterocycles. The molecule has 0 spiro atoms. The molecule has 0 radical (unpaired) electrons. The van der Waals surface area contributed by atoms with Gasteiger partial charge in [0.15, 0.2) is 0 Å². The predicted octanol–water partition coefficient (Wildman–Crippen LogP) is 4.14. The van der Waals surface area contributed by atoms with Crippen molar-refractivity contribution in [1.29, 1.82) is 0 Å². The number of ether oxygens (including phenoxy) is 1. The second kappa shape index (κ2) is 7.16. The Kier molecular flexibility index (Phi) is 6.44. The summed E-state index contributed by atoms with van der Waals surface area (Å²) in [6.45, 7) is 7.30. The third kappa shape index (κ3) is 5.90. The van der Waals surface area contributed by atoms with Gasteiger partial charge in [0.25, 0.3) is 0 Å². The van der Waals surface area contributed by atoms with Crippen molar-refractivity contribution in [3.8, 4) is 0 Å². The zero-order valence-corrected chi connectivity index (χ0v) is 16.2. The Morgan fingerprint density at radius 1 is 1.47 bits per heavy atom. The fourth-order valence-electron chi connectivity index (χ4n) is 2.01. The van der Waals surface area contributed by atoms with Crippen molar-refractivity contribution < 1.29 is 9.84 Å². The Bertz CT molecular complexity index is 350. The maximum atomic E-state index is 10.1. The van der Waals surface area contributed by atoms with Crippen LogP contribution in [0.2, 0.25) is 14.8 Å². The van der Waals surface area contributed by atoms with E-state index in [-0.39, 0.29) is 6.10 Å². The Labute approximate surface area is 122 Å². The van der Waals surface area contributed by atoms with E-state index in [0.29, 0.717) is 11.8 Å². The molecule has 110 valence electrons. The van der Waals surface area contributed by atoms with Crippen LogP contribution in [0.1, 0.15) is 33.6 Å². The summed E-state index contributed by atoms with van der Waals surface area (Å²) in [5.41, 5.74) is 0. The van der Waals surface area contributed by atoms with Crippen molar-refractivity contribution in [2.45, 2.75) is 54.5 Å². The van der Waals surface area contributed by atoms with E-state index in [1.54, 1.807) is 3.59 Å². The first-order valence-corrected chi connectivity index (χ1v) is 17.4. The molecule has 0 amide bonds. The number of rotatable bonds is 6. The van der Waals surface area contributed by atoms with E-state index < -0.39 is 18.4 Å². The van der Waals surface area contributed by atoms with E-state index in [4.69, 9.17) is 4.74 Å². The Balaban J connectivity index is 2.47. The van der Waals surface area contributed by atoms with Crippen LogP contribution in [-0.2, 0) is 4.74 Å². The van der Waals surface area contributed by atoms with Gasteiger partial charge in [-0.2, -0.15) is 0 Å². The molecule has 1 N–H and O–H groups in total. The molecule has 1 aliphatic carbocycles. The summed E-state index contributed by atoms with van der Waals surface area (Å²) >= 11 is -1.88. The van der Waals surface area contributed by atoms with Crippen molar-refractivity contribution in [3.63, 3.8) is 0 Å². The monoisotopic (exact) mass is 374 g/mol. The number of allylic oxidation sites excluding steroid dienone is 3. The number of hydrogen-bond acceptors (Lipinski definition) is 2. The molecule has 0 aliphatic heterocycles. The van der Waals surface area contributed by atoms with Gasteiger partial charge in [0.1, 0.15) is 0 Å². The Hall–Kier alpha value is 0.0387. The van der Waals surface area contributed by atoms with Crippen LogP contribution < -0.4 is 0 Å². The summed E-state index contributed by atoms with van der Waals surface area (Å²) in [5.74, 6) is 1.83. The van der Waals surface area contributed by atoms with Crippen molar-refractivity contribution in [2.75, 3.05) is 6.61 Å². The Morgan fingerprint density at radius 3 is 2.63 bits per heavy atom. The minimum absolute atomic E-state index is 0.311. The van der Waals surface area contributed by atoms with Crippen LogP contribution in [0.25, 0.3) is 0 Å². The van der Waals surface area contributed by atoms with Crippen molar-refractivity contribution in [2.24, 2.45) is 11.8 Å². The fourth-order valence-corrected chi connectivity index (χ4v) is 4.10. The molecule has 1 aliphatic rings. The van der Waals surface area contributed by atoms with Crippen LogP contribution in [-0.4, -0.2) is 36.2 Å². The van der Waals surface area contributed by atoms with Crippen molar-refractivity contribution in [3.05, 3.63) is 21.5 Å². The molecule has 0 aromatic carbocycles. The van der Waals surface area contributed by atoms with Crippen LogP contribution in [0.4, 0.5) is 0 Å². The van der Waals surface area contributed by atoms with Crippen LogP contribution in [0, 0.1) is 11.8 Å².